The summed E-state index contributed by atoms with van der Waals surface area (Å²) in [5.41, 5.74) is 0.578. The van der Waals surface area contributed by atoms with Crippen molar-refractivity contribution in [3.63, 3.8) is 0 Å². The fourth-order valence-corrected chi connectivity index (χ4v) is 4.82. The summed E-state index contributed by atoms with van der Waals surface area (Å²) >= 11 is 0. The van der Waals surface area contributed by atoms with Crippen LogP contribution >= 0.6 is 0 Å². The smallest absolute Gasteiger partial charge is 0.385 e. The lowest BCUT2D eigenvalue weighted by molar-refractivity contribution is -0.137. The summed E-state index contributed by atoms with van der Waals surface area (Å²) in [6.45, 7) is 5.57. The first-order valence-corrected chi connectivity index (χ1v) is 13.7. The summed E-state index contributed by atoms with van der Waals surface area (Å²) in [5.74, 6) is 1.19. The maximum atomic E-state index is 13.6. The maximum absolute atomic E-state index is 13.6. The number of ether oxygens (including phenoxy) is 1. The number of anilines is 2. The van der Waals surface area contributed by atoms with Crippen molar-refractivity contribution in [3.05, 3.63) is 72.3 Å². The molecule has 3 aromatic rings. The van der Waals surface area contributed by atoms with Crippen LogP contribution in [0, 0.1) is 5.92 Å². The number of hydrogen-bond acceptors (Lipinski definition) is 7. The average Bonchev–Trinajstić information content (AvgIpc) is 3.52. The lowest BCUT2D eigenvalue weighted by Crippen LogP contribution is -2.42. The van der Waals surface area contributed by atoms with Gasteiger partial charge >= 0.3 is 6.18 Å². The van der Waals surface area contributed by atoms with E-state index in [-0.39, 0.29) is 18.4 Å². The normalized spacial score (nSPS) is 14.8. The number of benzene rings is 1. The molecule has 2 aromatic heterocycles. The zero-order valence-electron chi connectivity index (χ0n) is 23.1. The fraction of sp³-hybridized carbons (Fsp3) is 0.448. The second-order valence-electron chi connectivity index (χ2n) is 10.1. The second-order valence-corrected chi connectivity index (χ2v) is 10.1. The number of nitrogens with zero attached hydrogens (tertiary/aromatic N) is 4. The predicted molar refractivity (Wildman–Crippen MR) is 151 cm³/mol. The topological polar surface area (TPSA) is 106 Å². The number of methoxy groups -OCH3 is 1. The molecule has 41 heavy (non-hydrogen) atoms. The van der Waals surface area contributed by atoms with Gasteiger partial charge in [-0.25, -0.2) is 4.98 Å². The molecule has 1 amide bonds. The third kappa shape index (κ3) is 8.53. The van der Waals surface area contributed by atoms with Crippen LogP contribution in [0.5, 0.6) is 0 Å². The van der Waals surface area contributed by atoms with Crippen LogP contribution in [0.4, 0.5) is 24.9 Å². The molecule has 0 aliphatic heterocycles. The van der Waals surface area contributed by atoms with Crippen molar-refractivity contribution in [2.75, 3.05) is 30.9 Å². The number of carbonyl (C=O) groups is 1. The zero-order chi connectivity index (χ0) is 29.2. The number of hydrogen-bond donors (Lipinski definition) is 3. The molecule has 0 unspecified atom stereocenters. The summed E-state index contributed by atoms with van der Waals surface area (Å²) in [5, 5.41) is 9.35. The molecule has 1 aliphatic rings. The second kappa shape index (κ2) is 14.1. The van der Waals surface area contributed by atoms with Gasteiger partial charge in [0.15, 0.2) is 0 Å². The summed E-state index contributed by atoms with van der Waals surface area (Å²) < 4.78 is 45.7. The molecule has 0 saturated heterocycles. The van der Waals surface area contributed by atoms with Crippen LogP contribution in [-0.2, 0) is 22.3 Å². The van der Waals surface area contributed by atoms with Crippen LogP contribution in [0.2, 0.25) is 0 Å². The van der Waals surface area contributed by atoms with E-state index in [1.165, 1.54) is 12.1 Å². The molecule has 0 radical (unpaired) electrons. The van der Waals surface area contributed by atoms with Gasteiger partial charge in [-0.1, -0.05) is 38.0 Å². The highest BCUT2D eigenvalue weighted by Gasteiger charge is 2.31. The number of carbonyl (C=O) groups excluding carboxylic acids is 1. The van der Waals surface area contributed by atoms with Gasteiger partial charge in [0.25, 0.3) is 0 Å². The molecule has 9 nitrogen and oxygen atoms in total. The Morgan fingerprint density at radius 1 is 1.17 bits per heavy atom. The number of alkyl halides is 3. The minimum atomic E-state index is -4.42. The molecule has 1 atom stereocenters. The van der Waals surface area contributed by atoms with Gasteiger partial charge in [0, 0.05) is 45.3 Å². The molecule has 3 N–H and O–H groups in total. The average molecular weight is 572 g/mol. The Morgan fingerprint density at radius 3 is 2.59 bits per heavy atom. The largest absolute Gasteiger partial charge is 0.416 e. The van der Waals surface area contributed by atoms with Crippen molar-refractivity contribution in [1.82, 2.24) is 24.8 Å². The summed E-state index contributed by atoms with van der Waals surface area (Å²) in [4.78, 5) is 26.9. The third-order valence-electron chi connectivity index (χ3n) is 7.09. The molecule has 4 rings (SSSR count). The first-order valence-electron chi connectivity index (χ1n) is 13.7. The Morgan fingerprint density at radius 2 is 1.93 bits per heavy atom. The Bertz CT molecular complexity index is 1270. The third-order valence-corrected chi connectivity index (χ3v) is 7.09. The lowest BCUT2D eigenvalue weighted by Gasteiger charge is -2.30. The maximum Gasteiger partial charge on any atom is 0.416 e. The van der Waals surface area contributed by atoms with Crippen LogP contribution < -0.4 is 16.0 Å². The summed E-state index contributed by atoms with van der Waals surface area (Å²) in [6.07, 6.45) is 6.54. The van der Waals surface area contributed by atoms with Crippen molar-refractivity contribution in [2.24, 2.45) is 5.92 Å². The van der Waals surface area contributed by atoms with Gasteiger partial charge < -0.3 is 20.7 Å². The van der Waals surface area contributed by atoms with Crippen molar-refractivity contribution < 1.29 is 22.7 Å². The first kappa shape index (κ1) is 30.0. The highest BCUT2D eigenvalue weighted by molar-refractivity contribution is 5.87. The zero-order valence-corrected chi connectivity index (χ0v) is 23.1. The molecule has 1 saturated carbocycles. The number of aromatic nitrogens is 4. The van der Waals surface area contributed by atoms with E-state index in [1.54, 1.807) is 36.5 Å². The van der Waals surface area contributed by atoms with Crippen LogP contribution in [0.15, 0.2) is 61.2 Å². The van der Waals surface area contributed by atoms with E-state index >= 15 is 0 Å². The van der Waals surface area contributed by atoms with Crippen LogP contribution in [-0.4, -0.2) is 51.7 Å². The van der Waals surface area contributed by atoms with E-state index < -0.39 is 17.8 Å². The molecule has 1 fully saturated rings. The summed E-state index contributed by atoms with van der Waals surface area (Å²) in [6, 6.07) is 5.68. The van der Waals surface area contributed by atoms with E-state index in [0.717, 1.165) is 56.2 Å². The number of nitrogens with one attached hydrogen (secondary N) is 3. The van der Waals surface area contributed by atoms with Crippen molar-refractivity contribution in [2.45, 2.75) is 57.3 Å². The molecule has 0 spiro atoms. The molecule has 2 heterocycles. The standard InChI is InChI=1S/C29H36F3N7O2/c1-20(22-7-4-3-5-8-22)26(27(40)35-18-21-9-11-23(12-10-21)29(30,31)32)36-24-17-25(39-15-14-33-19-39)38-28(37-24)34-13-6-16-41-2/h9-12,14-15,17,19,22,26H,1,3-8,13,16,18H2,2H3,(H,35,40)(H2,34,36,37,38)/t26-/m1/s1. The van der Waals surface area contributed by atoms with Gasteiger partial charge in [-0.2, -0.15) is 23.1 Å². The van der Waals surface area contributed by atoms with Gasteiger partial charge in [-0.15, -0.1) is 0 Å². The molecular weight excluding hydrogens is 535 g/mol. The Hall–Kier alpha value is -3.93. The molecule has 1 aromatic carbocycles. The minimum absolute atomic E-state index is 0.0729. The number of halogens is 3. The lowest BCUT2D eigenvalue weighted by atomic mass is 9.81. The van der Waals surface area contributed by atoms with Crippen LogP contribution in [0.1, 0.15) is 49.7 Å². The van der Waals surface area contributed by atoms with E-state index in [2.05, 4.69) is 37.5 Å². The number of imidazole rings is 1. The van der Waals surface area contributed by atoms with Crippen molar-refractivity contribution in [3.8, 4) is 5.82 Å². The van der Waals surface area contributed by atoms with Crippen LogP contribution in [0.25, 0.3) is 5.82 Å². The molecule has 220 valence electrons. The van der Waals surface area contributed by atoms with Gasteiger partial charge in [-0.3, -0.25) is 9.36 Å². The molecule has 1 aliphatic carbocycles. The van der Waals surface area contributed by atoms with Gasteiger partial charge in [0.05, 0.1) is 5.56 Å². The Labute approximate surface area is 237 Å². The Kier molecular flexibility index (Phi) is 10.3. The van der Waals surface area contributed by atoms with E-state index in [1.807, 2.05) is 0 Å². The highest BCUT2D eigenvalue weighted by Crippen LogP contribution is 2.32. The number of rotatable bonds is 13. The first-order chi connectivity index (χ1) is 19.7. The van der Waals surface area contributed by atoms with Crippen molar-refractivity contribution in [1.29, 1.82) is 0 Å². The minimum Gasteiger partial charge on any atom is -0.385 e. The quantitative estimate of drug-likeness (QED) is 0.187. The number of amides is 1. The fourth-order valence-electron chi connectivity index (χ4n) is 4.82. The predicted octanol–water partition coefficient (Wildman–Crippen LogP) is 5.36. The van der Waals surface area contributed by atoms with E-state index in [0.29, 0.717) is 36.3 Å². The monoisotopic (exact) mass is 571 g/mol. The summed E-state index contributed by atoms with van der Waals surface area (Å²) in [7, 11) is 1.64. The SMILES string of the molecule is C=C(C1CCCCC1)[C@@H](Nc1cc(-n2ccnc2)nc(NCCCOC)n1)C(=O)NCc1ccc(C(F)(F)F)cc1. The molecular formula is C29H36F3N7O2. The van der Waals surface area contributed by atoms with E-state index in [9.17, 15) is 18.0 Å². The van der Waals surface area contributed by atoms with Crippen LogP contribution in [0.3, 0.4) is 0 Å². The highest BCUT2D eigenvalue weighted by atomic mass is 19.4. The van der Waals surface area contributed by atoms with E-state index in [4.69, 9.17) is 4.74 Å². The van der Waals surface area contributed by atoms with Gasteiger partial charge in [0.1, 0.15) is 24.0 Å². The van der Waals surface area contributed by atoms with Gasteiger partial charge in [-0.05, 0) is 48.4 Å². The molecule has 12 heteroatoms. The Balaban J connectivity index is 1.55. The molecule has 0 bridgehead atoms. The van der Waals surface area contributed by atoms with Gasteiger partial charge in [0.2, 0.25) is 11.9 Å². The van der Waals surface area contributed by atoms with Crippen molar-refractivity contribution >= 4 is 17.7 Å².